The number of benzene rings is 1. The lowest BCUT2D eigenvalue weighted by Crippen LogP contribution is -2.16. The van der Waals surface area contributed by atoms with Crippen LogP contribution in [0.2, 0.25) is 5.02 Å². The number of halogens is 1. The Labute approximate surface area is 127 Å². The van der Waals surface area contributed by atoms with Gasteiger partial charge in [0.25, 0.3) is 0 Å². The molecule has 1 aliphatic heterocycles. The molecule has 3 N–H and O–H groups in total. The topological polar surface area (TPSA) is 77.6 Å². The van der Waals surface area contributed by atoms with Gasteiger partial charge in [-0.05, 0) is 29.3 Å². The van der Waals surface area contributed by atoms with Crippen molar-refractivity contribution in [3.05, 3.63) is 46.6 Å². The summed E-state index contributed by atoms with van der Waals surface area (Å²) in [6.07, 6.45) is 1.23. The molecule has 1 atom stereocenters. The van der Waals surface area contributed by atoms with E-state index >= 15 is 0 Å². The van der Waals surface area contributed by atoms with Gasteiger partial charge in [-0.3, -0.25) is 0 Å². The number of aromatic nitrogens is 1. The van der Waals surface area contributed by atoms with Crippen LogP contribution in [-0.4, -0.2) is 23.3 Å². The molecule has 0 fully saturated rings. The van der Waals surface area contributed by atoms with E-state index in [1.54, 1.807) is 24.4 Å². The molecule has 1 unspecified atom stereocenters. The van der Waals surface area contributed by atoms with E-state index in [2.05, 4.69) is 4.98 Å². The summed E-state index contributed by atoms with van der Waals surface area (Å²) in [5.74, 6) is 1.50. The number of rotatable bonds is 3. The van der Waals surface area contributed by atoms with Gasteiger partial charge in [-0.25, -0.2) is 4.98 Å². The van der Waals surface area contributed by atoms with Crippen LogP contribution < -0.4 is 15.2 Å². The zero-order chi connectivity index (χ0) is 14.8. The number of ether oxygens (including phenoxy) is 2. The highest BCUT2D eigenvalue weighted by Crippen LogP contribution is 2.40. The van der Waals surface area contributed by atoms with E-state index in [0.29, 0.717) is 47.5 Å². The number of nitrogen functional groups attached to an aromatic ring is 1. The highest BCUT2D eigenvalue weighted by molar-refractivity contribution is 6.32. The Bertz CT molecular complexity index is 663. The minimum atomic E-state index is -0.746. The molecular weight excluding hydrogens is 292 g/mol. The minimum Gasteiger partial charge on any atom is -0.486 e. The van der Waals surface area contributed by atoms with Gasteiger partial charge in [0.15, 0.2) is 11.5 Å². The second kappa shape index (κ2) is 5.79. The maximum Gasteiger partial charge on any atom is 0.179 e. The van der Waals surface area contributed by atoms with Crippen molar-refractivity contribution in [1.82, 2.24) is 4.98 Å². The minimum absolute atomic E-state index is 0.357. The predicted molar refractivity (Wildman–Crippen MR) is 79.8 cm³/mol. The number of hydrogen-bond donors (Lipinski definition) is 2. The summed E-state index contributed by atoms with van der Waals surface area (Å²) >= 11 is 6.17. The van der Waals surface area contributed by atoms with Gasteiger partial charge in [-0.2, -0.15) is 0 Å². The molecule has 0 saturated carbocycles. The highest BCUT2D eigenvalue weighted by atomic mass is 35.5. The maximum atomic E-state index is 10.4. The SMILES string of the molecule is Nc1ncccc1CC(O)c1cc(Cl)c2c(c1)OCCO2. The van der Waals surface area contributed by atoms with Gasteiger partial charge in [0.2, 0.25) is 0 Å². The Morgan fingerprint density at radius 3 is 2.95 bits per heavy atom. The first kappa shape index (κ1) is 14.0. The Hall–Kier alpha value is -1.98. The first-order chi connectivity index (χ1) is 10.1. The summed E-state index contributed by atoms with van der Waals surface area (Å²) < 4.78 is 11.0. The number of fused-ring (bicyclic) bond motifs is 1. The van der Waals surface area contributed by atoms with Crippen molar-refractivity contribution >= 4 is 17.4 Å². The lowest BCUT2D eigenvalue weighted by atomic mass is 10.0. The number of hydrogen-bond acceptors (Lipinski definition) is 5. The van der Waals surface area contributed by atoms with Crippen molar-refractivity contribution in [1.29, 1.82) is 0 Å². The molecule has 1 aromatic carbocycles. The molecule has 0 saturated heterocycles. The van der Waals surface area contributed by atoms with Crippen LogP contribution in [-0.2, 0) is 6.42 Å². The van der Waals surface area contributed by atoms with E-state index in [1.807, 2.05) is 6.07 Å². The molecule has 2 aromatic rings. The number of anilines is 1. The highest BCUT2D eigenvalue weighted by Gasteiger charge is 2.20. The van der Waals surface area contributed by atoms with E-state index in [-0.39, 0.29) is 0 Å². The third-order valence-corrected chi connectivity index (χ3v) is 3.62. The number of aliphatic hydroxyl groups is 1. The quantitative estimate of drug-likeness (QED) is 0.910. The Balaban J connectivity index is 1.86. The molecule has 0 aliphatic carbocycles. The monoisotopic (exact) mass is 306 g/mol. The second-order valence-corrected chi connectivity index (χ2v) is 5.20. The predicted octanol–water partition coefficient (Wildman–Crippen LogP) is 2.36. The van der Waals surface area contributed by atoms with E-state index in [9.17, 15) is 5.11 Å². The lowest BCUT2D eigenvalue weighted by Gasteiger charge is -2.21. The summed E-state index contributed by atoms with van der Waals surface area (Å²) in [5, 5.41) is 10.8. The molecule has 6 heteroatoms. The second-order valence-electron chi connectivity index (χ2n) is 4.79. The van der Waals surface area contributed by atoms with Gasteiger partial charge in [0, 0.05) is 12.6 Å². The lowest BCUT2D eigenvalue weighted by molar-refractivity contribution is 0.164. The molecular formula is C15H15ClN2O3. The normalized spacial score (nSPS) is 14.8. The standard InChI is InChI=1S/C15H15ClN2O3/c16-11-6-10(8-13-14(11)21-5-4-20-13)12(19)7-9-2-1-3-18-15(9)17/h1-3,6,8,12,19H,4-5,7H2,(H2,17,18). The van der Waals surface area contributed by atoms with Crippen molar-refractivity contribution in [2.24, 2.45) is 0 Å². The number of nitrogens with two attached hydrogens (primary N) is 1. The van der Waals surface area contributed by atoms with Crippen molar-refractivity contribution in [2.75, 3.05) is 18.9 Å². The van der Waals surface area contributed by atoms with Crippen molar-refractivity contribution in [3.8, 4) is 11.5 Å². The maximum absolute atomic E-state index is 10.4. The summed E-state index contributed by atoms with van der Waals surface area (Å²) in [6.45, 7) is 0.944. The molecule has 0 spiro atoms. The van der Waals surface area contributed by atoms with Crippen LogP contribution in [0.1, 0.15) is 17.2 Å². The summed E-state index contributed by atoms with van der Waals surface area (Å²) in [4.78, 5) is 4.01. The van der Waals surface area contributed by atoms with Crippen LogP contribution in [0.15, 0.2) is 30.5 Å². The van der Waals surface area contributed by atoms with E-state index in [1.165, 1.54) is 0 Å². The number of nitrogens with zero attached hydrogens (tertiary/aromatic N) is 1. The van der Waals surface area contributed by atoms with Crippen molar-refractivity contribution in [2.45, 2.75) is 12.5 Å². The summed E-state index contributed by atoms with van der Waals surface area (Å²) in [6, 6.07) is 7.06. The fourth-order valence-electron chi connectivity index (χ4n) is 2.27. The van der Waals surface area contributed by atoms with E-state index in [4.69, 9.17) is 26.8 Å². The average Bonchev–Trinajstić information content (AvgIpc) is 2.49. The van der Waals surface area contributed by atoms with Gasteiger partial charge in [-0.15, -0.1) is 0 Å². The van der Waals surface area contributed by atoms with Crippen molar-refractivity contribution < 1.29 is 14.6 Å². The molecule has 0 radical (unpaired) electrons. The van der Waals surface area contributed by atoms with E-state index in [0.717, 1.165) is 5.56 Å². The molecule has 2 heterocycles. The van der Waals surface area contributed by atoms with Crippen molar-refractivity contribution in [3.63, 3.8) is 0 Å². The fraction of sp³-hybridized carbons (Fsp3) is 0.267. The third-order valence-electron chi connectivity index (χ3n) is 3.34. The Morgan fingerprint density at radius 2 is 2.14 bits per heavy atom. The average molecular weight is 307 g/mol. The zero-order valence-electron chi connectivity index (χ0n) is 11.3. The Kier molecular flexibility index (Phi) is 3.86. The Morgan fingerprint density at radius 1 is 1.33 bits per heavy atom. The molecule has 110 valence electrons. The van der Waals surface area contributed by atoms with Crippen LogP contribution in [0.3, 0.4) is 0 Å². The van der Waals surface area contributed by atoms with Gasteiger partial charge >= 0.3 is 0 Å². The van der Waals surface area contributed by atoms with Crippen LogP contribution in [0.25, 0.3) is 0 Å². The van der Waals surface area contributed by atoms with Crippen LogP contribution in [0.5, 0.6) is 11.5 Å². The summed E-state index contributed by atoms with van der Waals surface area (Å²) in [5.41, 5.74) is 7.24. The molecule has 1 aliphatic rings. The smallest absolute Gasteiger partial charge is 0.179 e. The van der Waals surface area contributed by atoms with E-state index < -0.39 is 6.10 Å². The number of aliphatic hydroxyl groups excluding tert-OH is 1. The van der Waals surface area contributed by atoms with Crippen LogP contribution >= 0.6 is 11.6 Å². The van der Waals surface area contributed by atoms with Gasteiger partial charge < -0.3 is 20.3 Å². The molecule has 1 aromatic heterocycles. The first-order valence-electron chi connectivity index (χ1n) is 6.61. The molecule has 0 amide bonds. The zero-order valence-corrected chi connectivity index (χ0v) is 12.0. The van der Waals surface area contributed by atoms with Crippen LogP contribution in [0, 0.1) is 0 Å². The first-order valence-corrected chi connectivity index (χ1v) is 6.99. The molecule has 5 nitrogen and oxygen atoms in total. The third kappa shape index (κ3) is 2.89. The summed E-state index contributed by atoms with van der Waals surface area (Å²) in [7, 11) is 0. The van der Waals surface area contributed by atoms with Gasteiger partial charge in [0.1, 0.15) is 19.0 Å². The molecule has 3 rings (SSSR count). The fourth-order valence-corrected chi connectivity index (χ4v) is 2.55. The molecule has 0 bridgehead atoms. The van der Waals surface area contributed by atoms with Gasteiger partial charge in [0.05, 0.1) is 11.1 Å². The van der Waals surface area contributed by atoms with Gasteiger partial charge in [-0.1, -0.05) is 17.7 Å². The van der Waals surface area contributed by atoms with Crippen LogP contribution in [0.4, 0.5) is 5.82 Å². The largest absolute Gasteiger partial charge is 0.486 e. The molecule has 21 heavy (non-hydrogen) atoms. The number of pyridine rings is 1.